The van der Waals surface area contributed by atoms with E-state index in [0.29, 0.717) is 5.75 Å². The highest BCUT2D eigenvalue weighted by Crippen LogP contribution is 2.55. The molecule has 0 aromatic heterocycles. The van der Waals surface area contributed by atoms with E-state index in [9.17, 15) is 10.2 Å². The van der Waals surface area contributed by atoms with Crippen molar-refractivity contribution in [3.05, 3.63) is 29.3 Å². The number of rotatable bonds is 9. The molecular formula is C27H41N3O2S4. The van der Waals surface area contributed by atoms with Crippen LogP contribution in [0.3, 0.4) is 0 Å². The predicted molar refractivity (Wildman–Crippen MR) is 164 cm³/mol. The molecule has 1 aromatic carbocycles. The number of nitrogens with zero attached hydrogens (tertiary/aromatic N) is 3. The van der Waals surface area contributed by atoms with Crippen molar-refractivity contribution < 1.29 is 10.2 Å². The van der Waals surface area contributed by atoms with Gasteiger partial charge in [0.25, 0.3) is 0 Å². The molecule has 5 nitrogen and oxygen atoms in total. The number of hydrogen-bond acceptors (Lipinski definition) is 9. The molecular weight excluding hydrogens is 527 g/mol. The first kappa shape index (κ1) is 28.7. The highest BCUT2D eigenvalue weighted by molar-refractivity contribution is 8.17. The molecule has 0 amide bonds. The van der Waals surface area contributed by atoms with Gasteiger partial charge in [-0.1, -0.05) is 53.2 Å². The van der Waals surface area contributed by atoms with E-state index in [1.165, 1.54) is 18.4 Å². The highest BCUT2D eigenvalue weighted by Gasteiger charge is 2.53. The van der Waals surface area contributed by atoms with Crippen molar-refractivity contribution in [1.82, 2.24) is 4.90 Å². The van der Waals surface area contributed by atoms with E-state index in [-0.39, 0.29) is 35.2 Å². The number of aliphatic imine (C=N–C) groups is 2. The number of thioether (sulfide) groups is 4. The van der Waals surface area contributed by atoms with Gasteiger partial charge in [0.05, 0.1) is 28.1 Å². The maximum Gasteiger partial charge on any atom is 0.125 e. The first-order valence-corrected chi connectivity index (χ1v) is 16.7. The summed E-state index contributed by atoms with van der Waals surface area (Å²) in [5.74, 6) is 4.32. The number of unbranched alkanes of at least 4 members (excludes halogenated alkanes) is 2. The molecule has 36 heavy (non-hydrogen) atoms. The van der Waals surface area contributed by atoms with Gasteiger partial charge in [0.15, 0.2) is 0 Å². The van der Waals surface area contributed by atoms with Gasteiger partial charge < -0.3 is 10.2 Å². The summed E-state index contributed by atoms with van der Waals surface area (Å²) >= 11 is 7.44. The van der Waals surface area contributed by atoms with Crippen molar-refractivity contribution in [3.63, 3.8) is 0 Å². The summed E-state index contributed by atoms with van der Waals surface area (Å²) < 4.78 is 0. The molecule has 2 N–H and O–H groups in total. The monoisotopic (exact) mass is 567 g/mol. The zero-order valence-electron chi connectivity index (χ0n) is 21.1. The number of aromatic hydroxyl groups is 1. The minimum absolute atomic E-state index is 0. The van der Waals surface area contributed by atoms with E-state index in [0.717, 1.165) is 51.5 Å². The summed E-state index contributed by atoms with van der Waals surface area (Å²) in [5.41, 5.74) is 1.78. The van der Waals surface area contributed by atoms with Crippen molar-refractivity contribution in [2.75, 3.05) is 30.1 Å². The van der Waals surface area contributed by atoms with Crippen molar-refractivity contribution >= 4 is 57.1 Å². The molecule has 0 radical (unpaired) electrons. The summed E-state index contributed by atoms with van der Waals surface area (Å²) in [4.78, 5) is 12.6. The van der Waals surface area contributed by atoms with Crippen molar-refractivity contribution in [1.29, 1.82) is 0 Å². The number of aliphatic hydroxyl groups is 1. The second-order valence-corrected chi connectivity index (χ2v) is 15.1. The minimum atomic E-state index is -0.476. The van der Waals surface area contributed by atoms with Crippen LogP contribution in [0.4, 0.5) is 0 Å². The Labute approximate surface area is 234 Å². The number of benzene rings is 1. The lowest BCUT2D eigenvalue weighted by Gasteiger charge is -2.38. The minimum Gasteiger partial charge on any atom is -0.507 e. The average molecular weight is 568 g/mol. The molecule has 1 aromatic rings. The van der Waals surface area contributed by atoms with Crippen LogP contribution in [0.15, 0.2) is 28.2 Å². The molecule has 2 saturated heterocycles. The lowest BCUT2D eigenvalue weighted by atomic mass is 9.83. The largest absolute Gasteiger partial charge is 0.507 e. The van der Waals surface area contributed by atoms with E-state index in [2.05, 4.69) is 38.8 Å². The van der Waals surface area contributed by atoms with Gasteiger partial charge >= 0.3 is 0 Å². The number of phenolic OH excluding ortho intramolecular Hbond substituents is 1. The summed E-state index contributed by atoms with van der Waals surface area (Å²) in [6, 6.07) is 6.10. The zero-order valence-corrected chi connectivity index (χ0v) is 24.3. The Hall–Kier alpha value is -0.320. The van der Waals surface area contributed by atoms with Crippen LogP contribution in [0.2, 0.25) is 0 Å². The molecule has 4 heterocycles. The molecule has 9 heteroatoms. The fourth-order valence-corrected chi connectivity index (χ4v) is 10.5. The second-order valence-electron chi connectivity index (χ2n) is 10.6. The van der Waals surface area contributed by atoms with Crippen LogP contribution in [0, 0.1) is 5.41 Å². The van der Waals surface area contributed by atoms with Gasteiger partial charge in [0, 0.05) is 34.5 Å². The number of aryl methyl sites for hydroxylation is 1. The van der Waals surface area contributed by atoms with Crippen LogP contribution in [-0.2, 0) is 6.42 Å². The molecule has 1 spiro atoms. The summed E-state index contributed by atoms with van der Waals surface area (Å²) in [6.45, 7) is 6.53. The predicted octanol–water partition coefficient (Wildman–Crippen LogP) is 5.97. The molecule has 0 saturated carbocycles. The van der Waals surface area contributed by atoms with E-state index in [4.69, 9.17) is 9.98 Å². The Balaban J connectivity index is 0.00000304. The third-order valence-electron chi connectivity index (χ3n) is 7.63. The molecule has 0 bridgehead atoms. The SMILES string of the molecule is C.CCCCCc1cccc(O)c1C1=NC(C2SCC(C(O)C(C)(C)C3=NC4(CS3)CS4)N2C)CS1. The summed E-state index contributed by atoms with van der Waals surface area (Å²) in [6.07, 6.45) is 4.02. The molecule has 0 aliphatic carbocycles. The molecule has 2 fully saturated rings. The van der Waals surface area contributed by atoms with E-state index >= 15 is 0 Å². The van der Waals surface area contributed by atoms with Gasteiger partial charge in [-0.2, -0.15) is 0 Å². The van der Waals surface area contributed by atoms with E-state index in [1.54, 1.807) is 17.8 Å². The standard InChI is InChI=1S/C26H37N3O2S4.CH4/c1-5-6-7-9-16-10-8-11-19(30)20(16)22-27-17(12-32-22)23-29(4)18(13-33-23)21(31)25(2,3)24-28-26(14-34-24)15-35-26;/h8,10-11,17-18,21,23,30-31H,5-7,9,12-15H2,1-4H3;1H4. The molecule has 200 valence electrons. The lowest BCUT2D eigenvalue weighted by molar-refractivity contribution is 0.0212. The van der Waals surface area contributed by atoms with Crippen LogP contribution >= 0.6 is 47.0 Å². The molecule has 5 rings (SSSR count). The van der Waals surface area contributed by atoms with Crippen LogP contribution in [-0.4, -0.2) is 83.7 Å². The Morgan fingerprint density at radius 3 is 2.67 bits per heavy atom. The fourth-order valence-electron chi connectivity index (χ4n) is 5.20. The molecule has 4 aliphatic heterocycles. The van der Waals surface area contributed by atoms with Crippen molar-refractivity contribution in [3.8, 4) is 5.75 Å². The topological polar surface area (TPSA) is 68.4 Å². The fraction of sp³-hybridized carbons (Fsp3) is 0.704. The number of phenols is 1. The molecule has 5 atom stereocenters. The van der Waals surface area contributed by atoms with Crippen LogP contribution in [0.5, 0.6) is 5.75 Å². The second kappa shape index (κ2) is 11.4. The maximum atomic E-state index is 11.5. The lowest BCUT2D eigenvalue weighted by Crippen LogP contribution is -2.51. The first-order chi connectivity index (χ1) is 16.8. The molecule has 4 aliphatic rings. The zero-order chi connectivity index (χ0) is 24.8. The van der Waals surface area contributed by atoms with Gasteiger partial charge in [-0.15, -0.1) is 47.0 Å². The third-order valence-corrected chi connectivity index (χ3v) is 13.1. The quantitative estimate of drug-likeness (QED) is 0.281. The van der Waals surface area contributed by atoms with E-state index < -0.39 is 6.10 Å². The van der Waals surface area contributed by atoms with Crippen molar-refractivity contribution in [2.45, 2.75) is 82.3 Å². The Morgan fingerprint density at radius 1 is 1.19 bits per heavy atom. The third kappa shape index (κ3) is 5.53. The van der Waals surface area contributed by atoms with Crippen LogP contribution in [0.1, 0.15) is 58.6 Å². The summed E-state index contributed by atoms with van der Waals surface area (Å²) in [7, 11) is 2.14. The van der Waals surface area contributed by atoms with Gasteiger partial charge in [-0.05, 0) is 31.5 Å². The normalized spacial score (nSPS) is 30.9. The number of aliphatic hydroxyl groups excluding tert-OH is 1. The van der Waals surface area contributed by atoms with Gasteiger partial charge in [0.1, 0.15) is 15.7 Å². The highest BCUT2D eigenvalue weighted by atomic mass is 32.2. The van der Waals surface area contributed by atoms with Crippen LogP contribution < -0.4 is 0 Å². The maximum absolute atomic E-state index is 11.5. The van der Waals surface area contributed by atoms with Crippen LogP contribution in [0.25, 0.3) is 0 Å². The first-order valence-electron chi connectivity index (χ1n) is 12.7. The number of likely N-dealkylation sites (N-methyl/N-ethyl adjacent to an activating group) is 1. The van der Waals surface area contributed by atoms with Gasteiger partial charge in [-0.3, -0.25) is 14.9 Å². The van der Waals surface area contributed by atoms with Gasteiger partial charge in [-0.25, -0.2) is 0 Å². The van der Waals surface area contributed by atoms with E-state index in [1.807, 2.05) is 41.4 Å². The summed E-state index contributed by atoms with van der Waals surface area (Å²) in [5, 5.41) is 24.6. The smallest absolute Gasteiger partial charge is 0.125 e. The number of hydrogen-bond donors (Lipinski definition) is 2. The molecule has 5 unspecified atom stereocenters. The Kier molecular flexibility index (Phi) is 9.10. The Morgan fingerprint density at radius 2 is 1.97 bits per heavy atom. The van der Waals surface area contributed by atoms with Crippen molar-refractivity contribution in [2.24, 2.45) is 15.4 Å². The van der Waals surface area contributed by atoms with Gasteiger partial charge in [0.2, 0.25) is 0 Å². The Bertz CT molecular complexity index is 1010. The average Bonchev–Trinajstić information content (AvgIpc) is 3.15.